The number of hydrogen-bond acceptors (Lipinski definition) is 2. The van der Waals surface area contributed by atoms with Crippen molar-refractivity contribution in [1.82, 2.24) is 0 Å². The summed E-state index contributed by atoms with van der Waals surface area (Å²) in [5.74, 6) is 0.858. The summed E-state index contributed by atoms with van der Waals surface area (Å²) in [6, 6.07) is 14.9. The zero-order valence-corrected chi connectivity index (χ0v) is 18.7. The molecule has 1 N–H and O–H groups in total. The van der Waals surface area contributed by atoms with Crippen molar-refractivity contribution in [2.75, 3.05) is 0 Å². The van der Waals surface area contributed by atoms with Crippen molar-refractivity contribution in [3.05, 3.63) is 64.7 Å². The van der Waals surface area contributed by atoms with E-state index in [1.165, 1.54) is 16.7 Å². The van der Waals surface area contributed by atoms with Crippen LogP contribution in [0.1, 0.15) is 81.5 Å². The summed E-state index contributed by atoms with van der Waals surface area (Å²) in [5, 5.41) is 10.1. The van der Waals surface area contributed by atoms with E-state index in [4.69, 9.17) is 4.74 Å². The zero-order chi connectivity index (χ0) is 21.5. The Bertz CT molecular complexity index is 933. The van der Waals surface area contributed by atoms with Crippen LogP contribution >= 0.6 is 0 Å². The third kappa shape index (κ3) is 3.42. The molecular weight excluding hydrogens is 372 g/mol. The van der Waals surface area contributed by atoms with Crippen molar-refractivity contribution < 1.29 is 14.6 Å². The number of fused-ring (bicyclic) bond motifs is 3. The number of carboxylic acids is 1. The SMILES string of the molecule is CC(C)c1cc2c(cc1OCc1ccccc1)[C@@]1(C)CCC[C@@](C)(C(=O)O)[C@@H]1CC2. The van der Waals surface area contributed by atoms with Gasteiger partial charge in [-0.1, -0.05) is 63.6 Å². The highest BCUT2D eigenvalue weighted by molar-refractivity contribution is 5.75. The van der Waals surface area contributed by atoms with Gasteiger partial charge in [0.2, 0.25) is 0 Å². The molecule has 0 radical (unpaired) electrons. The Morgan fingerprint density at radius 2 is 1.90 bits per heavy atom. The van der Waals surface area contributed by atoms with Crippen LogP contribution < -0.4 is 4.74 Å². The molecule has 3 heteroatoms. The summed E-state index contributed by atoms with van der Waals surface area (Å²) in [7, 11) is 0. The molecule has 2 aromatic carbocycles. The van der Waals surface area contributed by atoms with Gasteiger partial charge in [0, 0.05) is 0 Å². The van der Waals surface area contributed by atoms with Crippen LogP contribution in [0.25, 0.3) is 0 Å². The van der Waals surface area contributed by atoms with Gasteiger partial charge in [-0.2, -0.15) is 0 Å². The van der Waals surface area contributed by atoms with E-state index in [1.807, 2.05) is 25.1 Å². The predicted molar refractivity (Wildman–Crippen MR) is 120 cm³/mol. The number of carboxylic acid groups (broad SMARTS) is 1. The maximum Gasteiger partial charge on any atom is 0.309 e. The Kier molecular flexibility index (Phi) is 5.42. The smallest absolute Gasteiger partial charge is 0.309 e. The van der Waals surface area contributed by atoms with E-state index in [-0.39, 0.29) is 11.3 Å². The van der Waals surface area contributed by atoms with Crippen molar-refractivity contribution >= 4 is 5.97 Å². The average molecular weight is 407 g/mol. The standard InChI is InChI=1S/C27H34O3/c1-18(2)21-15-20-11-12-24-26(3,13-8-14-27(24,4)25(28)29)22(20)16-23(21)30-17-19-9-6-5-7-10-19/h5-7,9-10,15-16,18,24H,8,11-14,17H2,1-4H3,(H,28,29)/t24-,26-,27-/m1/s1. The van der Waals surface area contributed by atoms with E-state index in [2.05, 4.69) is 45.0 Å². The average Bonchev–Trinajstić information content (AvgIpc) is 2.72. The first-order valence-electron chi connectivity index (χ1n) is 11.3. The van der Waals surface area contributed by atoms with Gasteiger partial charge in [0.05, 0.1) is 5.41 Å². The van der Waals surface area contributed by atoms with Crippen molar-refractivity contribution in [2.45, 2.75) is 77.7 Å². The van der Waals surface area contributed by atoms with Crippen LogP contribution in [0.2, 0.25) is 0 Å². The van der Waals surface area contributed by atoms with E-state index in [0.29, 0.717) is 12.5 Å². The first-order chi connectivity index (χ1) is 14.3. The minimum Gasteiger partial charge on any atom is -0.489 e. The van der Waals surface area contributed by atoms with Crippen molar-refractivity contribution in [2.24, 2.45) is 11.3 Å². The second kappa shape index (κ2) is 7.76. The molecule has 2 aliphatic carbocycles. The molecule has 0 heterocycles. The summed E-state index contributed by atoms with van der Waals surface area (Å²) < 4.78 is 6.36. The van der Waals surface area contributed by atoms with Crippen molar-refractivity contribution in [3.8, 4) is 5.75 Å². The lowest BCUT2D eigenvalue weighted by atomic mass is 9.49. The molecule has 0 spiro atoms. The van der Waals surface area contributed by atoms with Gasteiger partial charge in [0.25, 0.3) is 0 Å². The molecule has 0 saturated heterocycles. The quantitative estimate of drug-likeness (QED) is 0.618. The highest BCUT2D eigenvalue weighted by Gasteiger charge is 2.55. The fourth-order valence-corrected chi connectivity index (χ4v) is 6.08. The summed E-state index contributed by atoms with van der Waals surface area (Å²) in [5.41, 5.74) is 4.36. The normalized spacial score (nSPS) is 28.0. The van der Waals surface area contributed by atoms with Gasteiger partial charge >= 0.3 is 5.97 Å². The van der Waals surface area contributed by atoms with E-state index in [0.717, 1.165) is 43.4 Å². The predicted octanol–water partition coefficient (Wildman–Crippen LogP) is 6.48. The molecule has 3 atom stereocenters. The monoisotopic (exact) mass is 406 g/mol. The summed E-state index contributed by atoms with van der Waals surface area (Å²) >= 11 is 0. The van der Waals surface area contributed by atoms with Gasteiger partial charge in [-0.15, -0.1) is 0 Å². The molecule has 2 aromatic rings. The van der Waals surface area contributed by atoms with Crippen LogP contribution in [0.15, 0.2) is 42.5 Å². The lowest BCUT2D eigenvalue weighted by molar-refractivity contribution is -0.157. The Hall–Kier alpha value is -2.29. The molecule has 0 bridgehead atoms. The third-order valence-electron chi connectivity index (χ3n) is 7.83. The molecule has 1 fully saturated rings. The second-order valence-electron chi connectivity index (χ2n) is 10.1. The summed E-state index contributed by atoms with van der Waals surface area (Å²) in [4.78, 5) is 12.2. The Morgan fingerprint density at radius 1 is 1.17 bits per heavy atom. The van der Waals surface area contributed by atoms with E-state index in [1.54, 1.807) is 0 Å². The lowest BCUT2D eigenvalue weighted by Gasteiger charge is -2.53. The topological polar surface area (TPSA) is 46.5 Å². The molecule has 160 valence electrons. The van der Waals surface area contributed by atoms with Gasteiger partial charge in [-0.3, -0.25) is 4.79 Å². The number of aliphatic carboxylic acids is 1. The van der Waals surface area contributed by atoms with Gasteiger partial charge in [-0.05, 0) is 78.2 Å². The number of aryl methyl sites for hydroxylation is 1. The highest BCUT2D eigenvalue weighted by atomic mass is 16.5. The van der Waals surface area contributed by atoms with Crippen LogP contribution in [-0.4, -0.2) is 11.1 Å². The number of ether oxygens (including phenoxy) is 1. The molecular formula is C27H34O3. The van der Waals surface area contributed by atoms with Gasteiger partial charge in [0.15, 0.2) is 0 Å². The van der Waals surface area contributed by atoms with Gasteiger partial charge < -0.3 is 9.84 Å². The van der Waals surface area contributed by atoms with E-state index < -0.39 is 11.4 Å². The van der Waals surface area contributed by atoms with E-state index >= 15 is 0 Å². The number of carbonyl (C=O) groups is 1. The first-order valence-corrected chi connectivity index (χ1v) is 11.3. The molecule has 30 heavy (non-hydrogen) atoms. The van der Waals surface area contributed by atoms with Crippen molar-refractivity contribution in [3.63, 3.8) is 0 Å². The second-order valence-corrected chi connectivity index (χ2v) is 10.1. The summed E-state index contributed by atoms with van der Waals surface area (Å²) in [6.45, 7) is 9.25. The first kappa shape index (κ1) is 21.0. The summed E-state index contributed by atoms with van der Waals surface area (Å²) in [6.07, 6.45) is 4.69. The third-order valence-corrected chi connectivity index (χ3v) is 7.83. The highest BCUT2D eigenvalue weighted by Crippen LogP contribution is 2.58. The molecule has 1 saturated carbocycles. The molecule has 4 rings (SSSR count). The Morgan fingerprint density at radius 3 is 2.57 bits per heavy atom. The molecule has 0 aliphatic heterocycles. The molecule has 3 nitrogen and oxygen atoms in total. The molecule has 0 unspecified atom stereocenters. The Balaban J connectivity index is 1.75. The van der Waals surface area contributed by atoms with Crippen molar-refractivity contribution in [1.29, 1.82) is 0 Å². The number of hydrogen-bond donors (Lipinski definition) is 1. The zero-order valence-electron chi connectivity index (χ0n) is 18.7. The van der Waals surface area contributed by atoms with Crippen LogP contribution in [0.3, 0.4) is 0 Å². The fraction of sp³-hybridized carbons (Fsp3) is 0.519. The maximum absolute atomic E-state index is 12.2. The van der Waals surface area contributed by atoms with Gasteiger partial charge in [0.1, 0.15) is 12.4 Å². The van der Waals surface area contributed by atoms with Crippen LogP contribution in [-0.2, 0) is 23.2 Å². The Labute approximate surface area is 180 Å². The van der Waals surface area contributed by atoms with Crippen LogP contribution in [0.4, 0.5) is 0 Å². The largest absolute Gasteiger partial charge is 0.489 e. The van der Waals surface area contributed by atoms with E-state index in [9.17, 15) is 9.90 Å². The van der Waals surface area contributed by atoms with Crippen LogP contribution in [0, 0.1) is 11.3 Å². The maximum atomic E-state index is 12.2. The van der Waals surface area contributed by atoms with Gasteiger partial charge in [-0.25, -0.2) is 0 Å². The molecule has 2 aliphatic rings. The minimum absolute atomic E-state index is 0.112. The van der Waals surface area contributed by atoms with Crippen LogP contribution in [0.5, 0.6) is 5.75 Å². The molecule has 0 aromatic heterocycles. The lowest BCUT2D eigenvalue weighted by Crippen LogP contribution is -2.52. The fourth-order valence-electron chi connectivity index (χ4n) is 6.08. The minimum atomic E-state index is -0.646. The number of benzene rings is 2. The molecule has 0 amide bonds. The number of rotatable bonds is 5.